The highest BCUT2D eigenvalue weighted by atomic mass is 16.2. The number of anilines is 1. The quantitative estimate of drug-likeness (QED) is 0.364. The van der Waals surface area contributed by atoms with E-state index >= 15 is 0 Å². The van der Waals surface area contributed by atoms with Crippen molar-refractivity contribution in [2.24, 2.45) is 0 Å². The molecule has 2 aliphatic rings. The molecule has 9 heteroatoms. The number of hydrogen-bond acceptors (Lipinski definition) is 7. The minimum atomic E-state index is 0.162. The number of carbonyl (C=O) groups excluding carboxylic acids is 1. The van der Waals surface area contributed by atoms with Gasteiger partial charge in [-0.2, -0.15) is 5.10 Å². The first-order chi connectivity index (χ1) is 19.5. The van der Waals surface area contributed by atoms with E-state index in [0.29, 0.717) is 11.9 Å². The van der Waals surface area contributed by atoms with Crippen LogP contribution in [0.25, 0.3) is 44.5 Å². The summed E-state index contributed by atoms with van der Waals surface area (Å²) in [6, 6.07) is 19.4. The van der Waals surface area contributed by atoms with Gasteiger partial charge in [-0.05, 0) is 31.4 Å². The number of piperazine rings is 1. The van der Waals surface area contributed by atoms with Gasteiger partial charge in [0.1, 0.15) is 17.8 Å². The molecular formula is C31H32N8O. The highest BCUT2D eigenvalue weighted by Crippen LogP contribution is 2.41. The SMILES string of the molecule is CC(=O)N1CCN(C2CC(n3nc(-c4ccc5ccc(-c6ccccc6)nc5c4C)c4c(N)ncnc43)C2)CC1. The van der Waals surface area contributed by atoms with Crippen LogP contribution >= 0.6 is 0 Å². The molecule has 0 spiro atoms. The van der Waals surface area contributed by atoms with Crippen molar-refractivity contribution in [1.82, 2.24) is 34.5 Å². The van der Waals surface area contributed by atoms with Gasteiger partial charge in [0.15, 0.2) is 5.65 Å². The fraction of sp³-hybridized carbons (Fsp3) is 0.323. The first-order valence-electron chi connectivity index (χ1n) is 13.9. The smallest absolute Gasteiger partial charge is 0.219 e. The summed E-state index contributed by atoms with van der Waals surface area (Å²) in [5.74, 6) is 0.599. The van der Waals surface area contributed by atoms with Gasteiger partial charge in [-0.25, -0.2) is 19.6 Å². The number of nitrogens with two attached hydrogens (primary N) is 1. The summed E-state index contributed by atoms with van der Waals surface area (Å²) in [4.78, 5) is 30.2. The van der Waals surface area contributed by atoms with Gasteiger partial charge in [0, 0.05) is 55.7 Å². The van der Waals surface area contributed by atoms with Crippen molar-refractivity contribution in [2.75, 3.05) is 31.9 Å². The molecule has 0 radical (unpaired) electrons. The molecule has 1 saturated carbocycles. The number of benzene rings is 2. The van der Waals surface area contributed by atoms with Gasteiger partial charge >= 0.3 is 0 Å². The van der Waals surface area contributed by atoms with Gasteiger partial charge in [-0.15, -0.1) is 0 Å². The Bertz CT molecular complexity index is 1730. The number of carbonyl (C=O) groups is 1. The van der Waals surface area contributed by atoms with Gasteiger partial charge in [0.2, 0.25) is 5.91 Å². The first-order valence-corrected chi connectivity index (χ1v) is 13.9. The van der Waals surface area contributed by atoms with Crippen LogP contribution in [0.4, 0.5) is 5.82 Å². The predicted octanol–water partition coefficient (Wildman–Crippen LogP) is 4.47. The molecule has 40 heavy (non-hydrogen) atoms. The number of hydrogen-bond donors (Lipinski definition) is 1. The largest absolute Gasteiger partial charge is 0.383 e. The number of aryl methyl sites for hydroxylation is 1. The second kappa shape index (κ2) is 9.67. The maximum atomic E-state index is 11.7. The Labute approximate surface area is 232 Å². The molecular weight excluding hydrogens is 500 g/mol. The van der Waals surface area contributed by atoms with Crippen LogP contribution < -0.4 is 5.73 Å². The third-order valence-corrected chi connectivity index (χ3v) is 8.67. The molecule has 9 nitrogen and oxygen atoms in total. The van der Waals surface area contributed by atoms with Crippen LogP contribution in [0.15, 0.2) is 60.9 Å². The maximum Gasteiger partial charge on any atom is 0.219 e. The van der Waals surface area contributed by atoms with Gasteiger partial charge in [-0.1, -0.05) is 48.5 Å². The lowest BCUT2D eigenvalue weighted by Crippen LogP contribution is -2.55. The molecule has 2 fully saturated rings. The Morgan fingerprint density at radius 2 is 1.68 bits per heavy atom. The molecule has 3 aromatic heterocycles. The fourth-order valence-corrected chi connectivity index (χ4v) is 6.25. The molecule has 1 amide bonds. The number of nitrogen functional groups attached to an aromatic ring is 1. The number of fused-ring (bicyclic) bond motifs is 2. The number of aromatic nitrogens is 5. The summed E-state index contributed by atoms with van der Waals surface area (Å²) < 4.78 is 2.06. The number of pyridine rings is 1. The van der Waals surface area contributed by atoms with Crippen LogP contribution in [0.5, 0.6) is 0 Å². The average Bonchev–Trinajstić information content (AvgIpc) is 3.33. The van der Waals surface area contributed by atoms with Crippen LogP contribution in [-0.2, 0) is 4.79 Å². The topological polar surface area (TPSA) is 106 Å². The Balaban J connectivity index is 1.23. The highest BCUT2D eigenvalue weighted by Gasteiger charge is 2.38. The van der Waals surface area contributed by atoms with Gasteiger partial charge < -0.3 is 10.6 Å². The molecule has 2 aromatic carbocycles. The molecule has 0 bridgehead atoms. The third-order valence-electron chi connectivity index (χ3n) is 8.67. The minimum absolute atomic E-state index is 0.162. The molecule has 1 aliphatic heterocycles. The van der Waals surface area contributed by atoms with E-state index < -0.39 is 0 Å². The summed E-state index contributed by atoms with van der Waals surface area (Å²) in [5.41, 5.74) is 13.1. The van der Waals surface area contributed by atoms with E-state index in [-0.39, 0.29) is 11.9 Å². The van der Waals surface area contributed by atoms with E-state index in [0.717, 1.165) is 89.0 Å². The second-order valence-electron chi connectivity index (χ2n) is 10.9. The molecule has 7 rings (SSSR count). The zero-order valence-electron chi connectivity index (χ0n) is 22.8. The predicted molar refractivity (Wildman–Crippen MR) is 157 cm³/mol. The second-order valence-corrected chi connectivity index (χ2v) is 10.9. The average molecular weight is 533 g/mol. The summed E-state index contributed by atoms with van der Waals surface area (Å²) in [6.45, 7) is 7.20. The van der Waals surface area contributed by atoms with Crippen molar-refractivity contribution in [3.8, 4) is 22.5 Å². The van der Waals surface area contributed by atoms with Crippen molar-refractivity contribution >= 4 is 33.7 Å². The number of nitrogens with zero attached hydrogens (tertiary/aromatic N) is 7. The van der Waals surface area contributed by atoms with Crippen LogP contribution in [-0.4, -0.2) is 72.7 Å². The summed E-state index contributed by atoms with van der Waals surface area (Å²) in [6.07, 6.45) is 3.52. The highest BCUT2D eigenvalue weighted by molar-refractivity contribution is 6.01. The molecule has 1 saturated heterocycles. The van der Waals surface area contributed by atoms with Crippen molar-refractivity contribution in [2.45, 2.75) is 38.8 Å². The molecule has 4 heterocycles. The van der Waals surface area contributed by atoms with Crippen LogP contribution in [0.2, 0.25) is 0 Å². The van der Waals surface area contributed by atoms with E-state index in [9.17, 15) is 4.79 Å². The number of amides is 1. The monoisotopic (exact) mass is 532 g/mol. The Morgan fingerprint density at radius 1 is 0.925 bits per heavy atom. The fourth-order valence-electron chi connectivity index (χ4n) is 6.25. The molecule has 2 N–H and O–H groups in total. The van der Waals surface area contributed by atoms with Crippen LogP contribution in [0.3, 0.4) is 0 Å². The van der Waals surface area contributed by atoms with Crippen molar-refractivity contribution in [1.29, 1.82) is 0 Å². The van der Waals surface area contributed by atoms with E-state index in [1.54, 1.807) is 6.92 Å². The van der Waals surface area contributed by atoms with Crippen molar-refractivity contribution < 1.29 is 4.79 Å². The van der Waals surface area contributed by atoms with Crippen LogP contribution in [0, 0.1) is 6.92 Å². The summed E-state index contributed by atoms with van der Waals surface area (Å²) in [5, 5.41) is 7.02. The Kier molecular flexibility index (Phi) is 5.96. The van der Waals surface area contributed by atoms with Gasteiger partial charge in [-0.3, -0.25) is 9.69 Å². The van der Waals surface area contributed by atoms with E-state index in [1.807, 2.05) is 23.1 Å². The van der Waals surface area contributed by atoms with E-state index in [4.69, 9.17) is 15.8 Å². The van der Waals surface area contributed by atoms with Gasteiger partial charge in [0.05, 0.1) is 22.6 Å². The standard InChI is InChI=1S/C31H32N8O/c1-19-25(10-8-22-9-11-26(35-28(19)22)21-6-4-3-5-7-21)29-27-30(32)33-18-34-31(27)39(36-29)24-16-23(17-24)38-14-12-37(13-15-38)20(2)40/h3-11,18,23-24H,12-17H2,1-2H3,(H2,32,33,34). The maximum absolute atomic E-state index is 11.7. The van der Waals surface area contributed by atoms with E-state index in [1.165, 1.54) is 6.33 Å². The third kappa shape index (κ3) is 4.08. The van der Waals surface area contributed by atoms with Crippen molar-refractivity contribution in [3.63, 3.8) is 0 Å². The van der Waals surface area contributed by atoms with E-state index in [2.05, 4.69) is 62.9 Å². The molecule has 0 atom stereocenters. The molecule has 0 unspecified atom stereocenters. The lowest BCUT2D eigenvalue weighted by Gasteiger charge is -2.46. The van der Waals surface area contributed by atoms with Crippen LogP contribution in [0.1, 0.15) is 31.4 Å². The van der Waals surface area contributed by atoms with Crippen molar-refractivity contribution in [3.05, 3.63) is 66.5 Å². The lowest BCUT2D eigenvalue weighted by atomic mass is 9.85. The summed E-state index contributed by atoms with van der Waals surface area (Å²) >= 11 is 0. The Hall–Kier alpha value is -4.37. The molecule has 202 valence electrons. The normalized spacial score (nSPS) is 19.7. The molecule has 5 aromatic rings. The first kappa shape index (κ1) is 24.7. The molecule has 1 aliphatic carbocycles. The van der Waals surface area contributed by atoms with Gasteiger partial charge in [0.25, 0.3) is 0 Å². The zero-order valence-corrected chi connectivity index (χ0v) is 22.8. The minimum Gasteiger partial charge on any atom is -0.383 e. The number of rotatable bonds is 4. The summed E-state index contributed by atoms with van der Waals surface area (Å²) in [7, 11) is 0. The Morgan fingerprint density at radius 3 is 2.42 bits per heavy atom. The zero-order chi connectivity index (χ0) is 27.4. The lowest BCUT2D eigenvalue weighted by molar-refractivity contribution is -0.131.